The summed E-state index contributed by atoms with van der Waals surface area (Å²) >= 11 is 0. The lowest BCUT2D eigenvalue weighted by atomic mass is 10.0. The lowest BCUT2D eigenvalue weighted by molar-refractivity contribution is 0.654. The van der Waals surface area contributed by atoms with Crippen molar-refractivity contribution in [3.8, 4) is 0 Å². The Morgan fingerprint density at radius 3 is 3.00 bits per heavy atom. The van der Waals surface area contributed by atoms with Crippen LogP contribution in [0.25, 0.3) is 0 Å². The molecule has 0 bridgehead atoms. The topological polar surface area (TPSA) is 12.0 Å². The first kappa shape index (κ1) is 9.37. The summed E-state index contributed by atoms with van der Waals surface area (Å²) < 4.78 is 0. The van der Waals surface area contributed by atoms with Crippen molar-refractivity contribution < 1.29 is 0 Å². The standard InChI is InChI=1S/C11H19N/c1-3-4-8-12-11-7-5-6-10(2)9-11/h9,12H,2-8H2,1H3. The van der Waals surface area contributed by atoms with E-state index < -0.39 is 0 Å². The summed E-state index contributed by atoms with van der Waals surface area (Å²) in [6, 6.07) is 0. The molecule has 0 aromatic carbocycles. The SMILES string of the molecule is C=C1C=C(NCCCC)CCC1. The van der Waals surface area contributed by atoms with Gasteiger partial charge in [-0.05, 0) is 31.8 Å². The molecule has 68 valence electrons. The average Bonchev–Trinajstić information content (AvgIpc) is 2.05. The summed E-state index contributed by atoms with van der Waals surface area (Å²) in [5, 5.41) is 3.45. The van der Waals surface area contributed by atoms with E-state index in [1.165, 1.54) is 43.4 Å². The summed E-state index contributed by atoms with van der Waals surface area (Å²) in [4.78, 5) is 0. The van der Waals surface area contributed by atoms with Crippen molar-refractivity contribution in [2.24, 2.45) is 0 Å². The molecule has 1 aliphatic carbocycles. The normalized spacial score (nSPS) is 17.4. The summed E-state index contributed by atoms with van der Waals surface area (Å²) in [5.41, 5.74) is 2.67. The average molecular weight is 165 g/mol. The molecule has 0 aromatic rings. The Balaban J connectivity index is 2.26. The van der Waals surface area contributed by atoms with Gasteiger partial charge in [-0.25, -0.2) is 0 Å². The Hall–Kier alpha value is -0.720. The Kier molecular flexibility index (Phi) is 3.92. The van der Waals surface area contributed by atoms with Crippen LogP contribution in [-0.2, 0) is 0 Å². The molecule has 0 unspecified atom stereocenters. The van der Waals surface area contributed by atoms with Crippen molar-refractivity contribution in [1.82, 2.24) is 5.32 Å². The van der Waals surface area contributed by atoms with Crippen LogP contribution in [-0.4, -0.2) is 6.54 Å². The number of nitrogens with one attached hydrogen (secondary N) is 1. The maximum Gasteiger partial charge on any atom is 0.0143 e. The molecule has 1 N–H and O–H groups in total. The van der Waals surface area contributed by atoms with Gasteiger partial charge in [-0.2, -0.15) is 0 Å². The second-order valence-corrected chi connectivity index (χ2v) is 3.46. The van der Waals surface area contributed by atoms with Gasteiger partial charge in [0.25, 0.3) is 0 Å². The van der Waals surface area contributed by atoms with Crippen LogP contribution in [0, 0.1) is 0 Å². The highest BCUT2D eigenvalue weighted by Crippen LogP contribution is 2.18. The number of hydrogen-bond acceptors (Lipinski definition) is 1. The molecule has 0 aliphatic heterocycles. The van der Waals surface area contributed by atoms with Crippen LogP contribution < -0.4 is 5.32 Å². The zero-order chi connectivity index (χ0) is 8.81. The fourth-order valence-corrected chi connectivity index (χ4v) is 1.46. The monoisotopic (exact) mass is 165 g/mol. The number of rotatable bonds is 4. The number of hydrogen-bond donors (Lipinski definition) is 1. The van der Waals surface area contributed by atoms with Crippen molar-refractivity contribution in [2.45, 2.75) is 39.0 Å². The molecule has 1 nitrogen and oxygen atoms in total. The van der Waals surface area contributed by atoms with E-state index >= 15 is 0 Å². The van der Waals surface area contributed by atoms with E-state index in [-0.39, 0.29) is 0 Å². The largest absolute Gasteiger partial charge is 0.388 e. The van der Waals surface area contributed by atoms with Crippen LogP contribution in [0.2, 0.25) is 0 Å². The van der Waals surface area contributed by atoms with Crippen molar-refractivity contribution in [3.63, 3.8) is 0 Å². The van der Waals surface area contributed by atoms with E-state index in [9.17, 15) is 0 Å². The van der Waals surface area contributed by atoms with E-state index in [0.29, 0.717) is 0 Å². The highest BCUT2D eigenvalue weighted by atomic mass is 14.9. The lowest BCUT2D eigenvalue weighted by Gasteiger charge is -2.15. The molecule has 1 aliphatic rings. The summed E-state index contributed by atoms with van der Waals surface area (Å²) in [7, 11) is 0. The molecule has 0 aromatic heterocycles. The van der Waals surface area contributed by atoms with Gasteiger partial charge in [0, 0.05) is 12.2 Å². The van der Waals surface area contributed by atoms with Gasteiger partial charge in [-0.1, -0.05) is 25.5 Å². The van der Waals surface area contributed by atoms with Crippen LogP contribution in [0.3, 0.4) is 0 Å². The Bertz CT molecular complexity index is 179. The molecule has 12 heavy (non-hydrogen) atoms. The highest BCUT2D eigenvalue weighted by Gasteiger charge is 2.04. The van der Waals surface area contributed by atoms with Crippen LogP contribution in [0.15, 0.2) is 23.9 Å². The fraction of sp³-hybridized carbons (Fsp3) is 0.636. The number of allylic oxidation sites excluding steroid dienone is 3. The van der Waals surface area contributed by atoms with Gasteiger partial charge in [0.05, 0.1) is 0 Å². The summed E-state index contributed by atoms with van der Waals surface area (Å²) in [5.74, 6) is 0. The smallest absolute Gasteiger partial charge is 0.0143 e. The third-order valence-corrected chi connectivity index (χ3v) is 2.20. The molecule has 0 fully saturated rings. The zero-order valence-corrected chi connectivity index (χ0v) is 8.03. The van der Waals surface area contributed by atoms with Gasteiger partial charge in [-0.15, -0.1) is 0 Å². The Morgan fingerprint density at radius 2 is 2.33 bits per heavy atom. The highest BCUT2D eigenvalue weighted by molar-refractivity contribution is 5.23. The van der Waals surface area contributed by atoms with Crippen LogP contribution in [0.4, 0.5) is 0 Å². The van der Waals surface area contributed by atoms with Gasteiger partial charge in [0.1, 0.15) is 0 Å². The molecule has 0 amide bonds. The Labute approximate surface area is 75.6 Å². The molecular weight excluding hydrogens is 146 g/mol. The number of unbranched alkanes of at least 4 members (excludes halogenated alkanes) is 1. The minimum absolute atomic E-state index is 1.12. The predicted octanol–water partition coefficient (Wildman–Crippen LogP) is 3.00. The van der Waals surface area contributed by atoms with Gasteiger partial charge in [0.2, 0.25) is 0 Å². The fourth-order valence-electron chi connectivity index (χ4n) is 1.46. The first-order valence-electron chi connectivity index (χ1n) is 4.95. The molecule has 0 heterocycles. The molecule has 0 spiro atoms. The minimum atomic E-state index is 1.12. The van der Waals surface area contributed by atoms with Gasteiger partial charge in [-0.3, -0.25) is 0 Å². The third kappa shape index (κ3) is 3.12. The van der Waals surface area contributed by atoms with Crippen LogP contribution >= 0.6 is 0 Å². The first-order chi connectivity index (χ1) is 5.83. The first-order valence-corrected chi connectivity index (χ1v) is 4.95. The molecular formula is C11H19N. The van der Waals surface area contributed by atoms with E-state index in [0.717, 1.165) is 6.54 Å². The molecule has 1 heteroatoms. The van der Waals surface area contributed by atoms with E-state index in [4.69, 9.17) is 0 Å². The van der Waals surface area contributed by atoms with Crippen molar-refractivity contribution in [1.29, 1.82) is 0 Å². The Morgan fingerprint density at radius 1 is 1.50 bits per heavy atom. The molecule has 0 radical (unpaired) electrons. The van der Waals surface area contributed by atoms with Gasteiger partial charge >= 0.3 is 0 Å². The van der Waals surface area contributed by atoms with Gasteiger partial charge < -0.3 is 5.32 Å². The maximum absolute atomic E-state index is 3.98. The van der Waals surface area contributed by atoms with Crippen LogP contribution in [0.1, 0.15) is 39.0 Å². The zero-order valence-electron chi connectivity index (χ0n) is 8.03. The van der Waals surface area contributed by atoms with Gasteiger partial charge in [0.15, 0.2) is 0 Å². The molecule has 0 saturated carbocycles. The molecule has 0 saturated heterocycles. The van der Waals surface area contributed by atoms with E-state index in [1.54, 1.807) is 0 Å². The second kappa shape index (κ2) is 5.02. The maximum atomic E-state index is 3.98. The summed E-state index contributed by atoms with van der Waals surface area (Å²) in [6.45, 7) is 7.32. The van der Waals surface area contributed by atoms with Crippen LogP contribution in [0.5, 0.6) is 0 Å². The third-order valence-electron chi connectivity index (χ3n) is 2.20. The minimum Gasteiger partial charge on any atom is -0.388 e. The quantitative estimate of drug-likeness (QED) is 0.631. The molecule has 1 rings (SSSR count). The second-order valence-electron chi connectivity index (χ2n) is 3.46. The summed E-state index contributed by atoms with van der Waals surface area (Å²) in [6.07, 6.45) is 8.40. The van der Waals surface area contributed by atoms with Crippen molar-refractivity contribution >= 4 is 0 Å². The van der Waals surface area contributed by atoms with Crippen molar-refractivity contribution in [2.75, 3.05) is 6.54 Å². The predicted molar refractivity (Wildman–Crippen MR) is 54.0 cm³/mol. The van der Waals surface area contributed by atoms with Crippen molar-refractivity contribution in [3.05, 3.63) is 23.9 Å². The van der Waals surface area contributed by atoms with E-state index in [2.05, 4.69) is 24.9 Å². The van der Waals surface area contributed by atoms with E-state index in [1.807, 2.05) is 0 Å². The molecule has 0 atom stereocenters. The lowest BCUT2D eigenvalue weighted by Crippen LogP contribution is -2.16.